The fraction of sp³-hybridized carbons (Fsp3) is 0.273. The van der Waals surface area contributed by atoms with Crippen molar-refractivity contribution in [1.29, 1.82) is 0 Å². The second kappa shape index (κ2) is 8.12. The summed E-state index contributed by atoms with van der Waals surface area (Å²) in [6.07, 6.45) is 0. The number of halogens is 1. The molecule has 104 valence electrons. The highest BCUT2D eigenvalue weighted by Crippen LogP contribution is 2.20. The van der Waals surface area contributed by atoms with Crippen molar-refractivity contribution in [2.24, 2.45) is 0 Å². The summed E-state index contributed by atoms with van der Waals surface area (Å²) in [6, 6.07) is 4.65. The fourth-order valence-corrected chi connectivity index (χ4v) is 1.64. The van der Waals surface area contributed by atoms with Crippen LogP contribution in [0.25, 0.3) is 0 Å². The van der Waals surface area contributed by atoms with Crippen molar-refractivity contribution in [2.45, 2.75) is 0 Å². The molecule has 6 nitrogen and oxygen atoms in total. The van der Waals surface area contributed by atoms with E-state index < -0.39 is 0 Å². The Kier molecular flexibility index (Phi) is 6.81. The van der Waals surface area contributed by atoms with Crippen LogP contribution in [0.2, 0.25) is 0 Å². The van der Waals surface area contributed by atoms with E-state index in [0.29, 0.717) is 27.4 Å². The molecule has 0 aliphatic rings. The minimum Gasteiger partial charge on any atom is -0.507 e. The summed E-state index contributed by atoms with van der Waals surface area (Å²) >= 11 is 6.91. The Hall–Kier alpha value is -1.13. The van der Waals surface area contributed by atoms with Gasteiger partial charge in [0.15, 0.2) is 5.11 Å². The molecular weight excluding hydrogens is 381 g/mol. The zero-order chi connectivity index (χ0) is 14.3. The quantitative estimate of drug-likeness (QED) is 0.261. The molecule has 1 rings (SSSR count). The lowest BCUT2D eigenvalue weighted by Crippen LogP contribution is -2.47. The number of thiocarbonyl (C=S) groups is 1. The SMILES string of the molecule is COCCNC(=S)NNC(=O)c1ccc(I)c(O)c1. The van der Waals surface area contributed by atoms with Crippen LogP contribution in [0.4, 0.5) is 0 Å². The lowest BCUT2D eigenvalue weighted by molar-refractivity contribution is 0.0943. The summed E-state index contributed by atoms with van der Waals surface area (Å²) in [5, 5.41) is 12.6. The Morgan fingerprint density at radius 1 is 1.47 bits per heavy atom. The lowest BCUT2D eigenvalue weighted by atomic mass is 10.2. The number of aromatic hydroxyl groups is 1. The number of rotatable bonds is 4. The van der Waals surface area contributed by atoms with Gasteiger partial charge in [-0.25, -0.2) is 0 Å². The molecule has 1 aromatic carbocycles. The van der Waals surface area contributed by atoms with Crippen molar-refractivity contribution in [3.05, 3.63) is 27.3 Å². The zero-order valence-corrected chi connectivity index (χ0v) is 13.2. The Balaban J connectivity index is 2.42. The average Bonchev–Trinajstić information content (AvgIpc) is 2.39. The molecule has 0 atom stereocenters. The second-order valence-electron chi connectivity index (χ2n) is 3.49. The summed E-state index contributed by atoms with van der Waals surface area (Å²) in [5.41, 5.74) is 5.32. The van der Waals surface area contributed by atoms with Gasteiger partial charge in [-0.05, 0) is 53.0 Å². The number of methoxy groups -OCH3 is 1. The van der Waals surface area contributed by atoms with Gasteiger partial charge < -0.3 is 15.2 Å². The van der Waals surface area contributed by atoms with Gasteiger partial charge in [0.25, 0.3) is 5.91 Å². The number of phenols is 1. The molecule has 0 radical (unpaired) electrons. The maximum Gasteiger partial charge on any atom is 0.269 e. The molecule has 1 aromatic rings. The van der Waals surface area contributed by atoms with Gasteiger partial charge in [0, 0.05) is 19.2 Å². The topological polar surface area (TPSA) is 82.6 Å². The largest absolute Gasteiger partial charge is 0.507 e. The number of phenolic OH excluding ortho intramolecular Hbond substituents is 1. The van der Waals surface area contributed by atoms with E-state index in [0.717, 1.165) is 0 Å². The molecule has 0 aliphatic carbocycles. The Morgan fingerprint density at radius 2 is 2.21 bits per heavy atom. The van der Waals surface area contributed by atoms with E-state index in [1.807, 2.05) is 22.6 Å². The van der Waals surface area contributed by atoms with Crippen LogP contribution in [-0.2, 0) is 4.74 Å². The molecule has 0 saturated heterocycles. The highest BCUT2D eigenvalue weighted by Gasteiger charge is 2.08. The smallest absolute Gasteiger partial charge is 0.269 e. The number of amides is 1. The highest BCUT2D eigenvalue weighted by atomic mass is 127. The van der Waals surface area contributed by atoms with Gasteiger partial charge in [-0.2, -0.15) is 0 Å². The average molecular weight is 395 g/mol. The Bertz CT molecular complexity index is 470. The monoisotopic (exact) mass is 395 g/mol. The molecule has 19 heavy (non-hydrogen) atoms. The van der Waals surface area contributed by atoms with Crippen LogP contribution in [0.1, 0.15) is 10.4 Å². The van der Waals surface area contributed by atoms with Crippen LogP contribution in [0.3, 0.4) is 0 Å². The number of hydrogen-bond acceptors (Lipinski definition) is 4. The van der Waals surface area contributed by atoms with E-state index in [1.54, 1.807) is 19.2 Å². The zero-order valence-electron chi connectivity index (χ0n) is 10.2. The van der Waals surface area contributed by atoms with Crippen LogP contribution in [-0.4, -0.2) is 36.4 Å². The first-order valence-corrected chi connectivity index (χ1v) is 6.85. The van der Waals surface area contributed by atoms with E-state index >= 15 is 0 Å². The predicted octanol–water partition coefficient (Wildman–Crippen LogP) is 0.752. The van der Waals surface area contributed by atoms with Crippen molar-refractivity contribution in [2.75, 3.05) is 20.3 Å². The highest BCUT2D eigenvalue weighted by molar-refractivity contribution is 14.1. The van der Waals surface area contributed by atoms with E-state index in [-0.39, 0.29) is 11.7 Å². The molecule has 0 heterocycles. The number of nitrogens with one attached hydrogen (secondary N) is 3. The number of hydrogen-bond donors (Lipinski definition) is 4. The van der Waals surface area contributed by atoms with E-state index in [2.05, 4.69) is 16.2 Å². The fourth-order valence-electron chi connectivity index (χ4n) is 1.15. The van der Waals surface area contributed by atoms with Gasteiger partial charge in [-0.1, -0.05) is 0 Å². The molecule has 4 N–H and O–H groups in total. The maximum atomic E-state index is 11.7. The minimum atomic E-state index is -0.386. The standard InChI is InChI=1S/C11H14IN3O3S/c1-18-5-4-13-11(19)15-14-10(17)7-2-3-8(12)9(16)6-7/h2-3,6,16H,4-5H2,1H3,(H,14,17)(H2,13,15,19). The van der Waals surface area contributed by atoms with Crippen molar-refractivity contribution in [3.63, 3.8) is 0 Å². The van der Waals surface area contributed by atoms with Crippen LogP contribution >= 0.6 is 34.8 Å². The number of benzene rings is 1. The third-order valence-electron chi connectivity index (χ3n) is 2.09. The molecule has 1 amide bonds. The number of carbonyl (C=O) groups is 1. The number of carbonyl (C=O) groups excluding carboxylic acids is 1. The van der Waals surface area contributed by atoms with Gasteiger partial charge in [-0.3, -0.25) is 15.6 Å². The van der Waals surface area contributed by atoms with Crippen LogP contribution < -0.4 is 16.2 Å². The first-order chi connectivity index (χ1) is 9.04. The molecule has 0 unspecified atom stereocenters. The third-order valence-corrected chi connectivity index (χ3v) is 3.25. The minimum absolute atomic E-state index is 0.0639. The van der Waals surface area contributed by atoms with Crippen LogP contribution in [0.5, 0.6) is 5.75 Å². The summed E-state index contributed by atoms with van der Waals surface area (Å²) in [5.74, 6) is -0.323. The summed E-state index contributed by atoms with van der Waals surface area (Å²) in [7, 11) is 1.59. The molecule has 0 spiro atoms. The van der Waals surface area contributed by atoms with Gasteiger partial charge in [0.05, 0.1) is 10.2 Å². The van der Waals surface area contributed by atoms with Crippen LogP contribution in [0, 0.1) is 3.57 Å². The Morgan fingerprint density at radius 3 is 2.84 bits per heavy atom. The Labute approximate surface area is 130 Å². The van der Waals surface area contributed by atoms with E-state index in [4.69, 9.17) is 17.0 Å². The molecule has 0 saturated carbocycles. The molecule has 0 aliphatic heterocycles. The first-order valence-electron chi connectivity index (χ1n) is 5.36. The summed E-state index contributed by atoms with van der Waals surface area (Å²) in [4.78, 5) is 11.7. The normalized spacial score (nSPS) is 9.79. The van der Waals surface area contributed by atoms with Gasteiger partial charge in [0.2, 0.25) is 0 Å². The van der Waals surface area contributed by atoms with Crippen molar-refractivity contribution in [3.8, 4) is 5.75 Å². The summed E-state index contributed by atoms with van der Waals surface area (Å²) < 4.78 is 5.53. The molecular formula is C11H14IN3O3S. The van der Waals surface area contributed by atoms with E-state index in [1.165, 1.54) is 6.07 Å². The molecule has 0 bridgehead atoms. The van der Waals surface area contributed by atoms with Crippen LogP contribution in [0.15, 0.2) is 18.2 Å². The molecule has 0 aromatic heterocycles. The van der Waals surface area contributed by atoms with Crippen molar-refractivity contribution in [1.82, 2.24) is 16.2 Å². The molecule has 8 heteroatoms. The number of ether oxygens (including phenoxy) is 1. The predicted molar refractivity (Wildman–Crippen MR) is 83.9 cm³/mol. The van der Waals surface area contributed by atoms with Gasteiger partial charge in [0.1, 0.15) is 5.75 Å². The van der Waals surface area contributed by atoms with Gasteiger partial charge >= 0.3 is 0 Å². The third kappa shape index (κ3) is 5.57. The maximum absolute atomic E-state index is 11.7. The second-order valence-corrected chi connectivity index (χ2v) is 5.06. The summed E-state index contributed by atoms with van der Waals surface area (Å²) in [6.45, 7) is 1.06. The first kappa shape index (κ1) is 15.9. The van der Waals surface area contributed by atoms with Crippen molar-refractivity contribution < 1.29 is 14.6 Å². The van der Waals surface area contributed by atoms with Gasteiger partial charge in [-0.15, -0.1) is 0 Å². The van der Waals surface area contributed by atoms with E-state index in [9.17, 15) is 9.90 Å². The molecule has 0 fully saturated rings. The van der Waals surface area contributed by atoms with Crippen molar-refractivity contribution >= 4 is 45.8 Å². The number of hydrazine groups is 1. The lowest BCUT2D eigenvalue weighted by Gasteiger charge is -2.11.